The van der Waals surface area contributed by atoms with Crippen LogP contribution in [-0.2, 0) is 15.8 Å². The third-order valence-electron chi connectivity index (χ3n) is 4.71. The van der Waals surface area contributed by atoms with E-state index in [1.807, 2.05) is 0 Å². The van der Waals surface area contributed by atoms with Crippen molar-refractivity contribution in [2.75, 3.05) is 17.2 Å². The second kappa shape index (κ2) is 10.5. The summed E-state index contributed by atoms with van der Waals surface area (Å²) in [5.74, 6) is -1.46. The number of aromatic nitrogens is 2. The molecular formula is C23H20ClF3N4O4. The largest absolute Gasteiger partial charge is 0.482 e. The van der Waals surface area contributed by atoms with E-state index in [1.165, 1.54) is 49.4 Å². The molecule has 1 heterocycles. The van der Waals surface area contributed by atoms with Gasteiger partial charge < -0.3 is 20.5 Å². The predicted molar refractivity (Wildman–Crippen MR) is 124 cm³/mol. The van der Waals surface area contributed by atoms with Crippen LogP contribution >= 0.6 is 11.6 Å². The van der Waals surface area contributed by atoms with E-state index in [2.05, 4.69) is 22.3 Å². The minimum absolute atomic E-state index is 0.107. The SMILES string of the molecule is C=CC(=O)Nc1cc(Cl)cc(NC(C)c2cnn(-c3ccc(OCC(=O)O)cc3)c2C(F)(F)F)c1. The number of rotatable bonds is 9. The molecule has 12 heteroatoms. The number of aliphatic carboxylic acids is 1. The van der Waals surface area contributed by atoms with Crippen LogP contribution in [-0.4, -0.2) is 33.4 Å². The quantitative estimate of drug-likeness (QED) is 0.338. The summed E-state index contributed by atoms with van der Waals surface area (Å²) in [4.78, 5) is 22.2. The number of hydrogen-bond donors (Lipinski definition) is 3. The van der Waals surface area contributed by atoms with Crippen LogP contribution in [0.15, 0.2) is 61.3 Å². The number of carboxylic acids is 1. The van der Waals surface area contributed by atoms with Crippen molar-refractivity contribution in [2.45, 2.75) is 19.1 Å². The lowest BCUT2D eigenvalue weighted by Crippen LogP contribution is -2.18. The summed E-state index contributed by atoms with van der Waals surface area (Å²) < 4.78 is 48.0. The first-order valence-corrected chi connectivity index (χ1v) is 10.5. The van der Waals surface area contributed by atoms with Gasteiger partial charge in [0.2, 0.25) is 5.91 Å². The molecule has 1 unspecified atom stereocenters. The van der Waals surface area contributed by atoms with E-state index in [0.717, 1.165) is 17.0 Å². The molecule has 0 aliphatic rings. The van der Waals surface area contributed by atoms with E-state index in [1.54, 1.807) is 0 Å². The van der Waals surface area contributed by atoms with Gasteiger partial charge in [0.05, 0.1) is 17.9 Å². The van der Waals surface area contributed by atoms with Gasteiger partial charge in [-0.05, 0) is 55.5 Å². The molecule has 1 atom stereocenters. The topological polar surface area (TPSA) is 105 Å². The summed E-state index contributed by atoms with van der Waals surface area (Å²) in [5.41, 5.74) is -0.283. The molecule has 184 valence electrons. The van der Waals surface area contributed by atoms with Gasteiger partial charge in [0.15, 0.2) is 12.3 Å². The number of hydrogen-bond acceptors (Lipinski definition) is 5. The van der Waals surface area contributed by atoms with E-state index in [9.17, 15) is 22.8 Å². The molecule has 3 aromatic rings. The average molecular weight is 509 g/mol. The van der Waals surface area contributed by atoms with E-state index >= 15 is 0 Å². The Morgan fingerprint density at radius 2 is 1.89 bits per heavy atom. The Hall–Kier alpha value is -3.99. The molecule has 35 heavy (non-hydrogen) atoms. The van der Waals surface area contributed by atoms with Crippen molar-refractivity contribution in [1.82, 2.24) is 9.78 Å². The number of anilines is 2. The third-order valence-corrected chi connectivity index (χ3v) is 4.93. The van der Waals surface area contributed by atoms with E-state index in [-0.39, 0.29) is 22.0 Å². The Bertz CT molecular complexity index is 1240. The number of nitrogens with zero attached hydrogens (tertiary/aromatic N) is 2. The molecule has 0 spiro atoms. The molecule has 0 fully saturated rings. The number of carbonyl (C=O) groups excluding carboxylic acids is 1. The Balaban J connectivity index is 1.90. The number of nitrogens with one attached hydrogen (secondary N) is 2. The molecule has 0 radical (unpaired) electrons. The Kier molecular flexibility index (Phi) is 7.70. The number of alkyl halides is 3. The van der Waals surface area contributed by atoms with Crippen molar-refractivity contribution in [3.05, 3.63) is 77.6 Å². The van der Waals surface area contributed by atoms with Crippen LogP contribution in [0.1, 0.15) is 24.2 Å². The number of ether oxygens (including phenoxy) is 1. The van der Waals surface area contributed by atoms with Crippen molar-refractivity contribution in [3.63, 3.8) is 0 Å². The second-order valence-electron chi connectivity index (χ2n) is 7.32. The highest BCUT2D eigenvalue weighted by atomic mass is 35.5. The summed E-state index contributed by atoms with van der Waals surface area (Å²) in [5, 5.41) is 18.4. The highest BCUT2D eigenvalue weighted by molar-refractivity contribution is 6.31. The molecule has 1 aromatic heterocycles. The molecular weight excluding hydrogens is 489 g/mol. The fourth-order valence-electron chi connectivity index (χ4n) is 3.25. The predicted octanol–water partition coefficient (Wildman–Crippen LogP) is 5.31. The normalized spacial score (nSPS) is 12.0. The van der Waals surface area contributed by atoms with E-state index in [0.29, 0.717) is 11.4 Å². The minimum Gasteiger partial charge on any atom is -0.482 e. The smallest absolute Gasteiger partial charge is 0.433 e. The van der Waals surface area contributed by atoms with Crippen LogP contribution in [0.5, 0.6) is 5.75 Å². The molecule has 1 amide bonds. The molecule has 3 N–H and O–H groups in total. The highest BCUT2D eigenvalue weighted by Gasteiger charge is 2.39. The maximum atomic E-state index is 14.1. The molecule has 0 saturated carbocycles. The molecule has 2 aromatic carbocycles. The Labute approximate surface area is 203 Å². The minimum atomic E-state index is -4.74. The maximum Gasteiger partial charge on any atom is 0.433 e. The van der Waals surface area contributed by atoms with E-state index < -0.39 is 36.4 Å². The summed E-state index contributed by atoms with van der Waals surface area (Å²) in [7, 11) is 0. The first kappa shape index (κ1) is 25.6. The van der Waals surface area contributed by atoms with Crippen LogP contribution in [0.2, 0.25) is 5.02 Å². The number of halogens is 4. The van der Waals surface area contributed by atoms with Crippen molar-refractivity contribution >= 4 is 34.9 Å². The summed E-state index contributed by atoms with van der Waals surface area (Å²) >= 11 is 6.09. The zero-order valence-corrected chi connectivity index (χ0v) is 19.0. The van der Waals surface area contributed by atoms with Gasteiger partial charge in [-0.2, -0.15) is 18.3 Å². The van der Waals surface area contributed by atoms with Gasteiger partial charge in [0.1, 0.15) is 5.75 Å². The fraction of sp³-hybridized carbons (Fsp3) is 0.174. The molecule has 0 saturated heterocycles. The van der Waals surface area contributed by atoms with Gasteiger partial charge in [-0.15, -0.1) is 0 Å². The van der Waals surface area contributed by atoms with Crippen molar-refractivity contribution in [3.8, 4) is 11.4 Å². The Morgan fingerprint density at radius 3 is 2.49 bits per heavy atom. The number of benzene rings is 2. The van der Waals surface area contributed by atoms with Crippen molar-refractivity contribution in [2.24, 2.45) is 0 Å². The lowest BCUT2D eigenvalue weighted by Gasteiger charge is -2.19. The summed E-state index contributed by atoms with van der Waals surface area (Å²) in [6.07, 6.45) is -2.55. The van der Waals surface area contributed by atoms with Crippen LogP contribution in [0.25, 0.3) is 5.69 Å². The molecule has 3 rings (SSSR count). The Morgan fingerprint density at radius 1 is 1.23 bits per heavy atom. The zero-order chi connectivity index (χ0) is 25.8. The first-order chi connectivity index (χ1) is 16.5. The lowest BCUT2D eigenvalue weighted by molar-refractivity contribution is -0.143. The van der Waals surface area contributed by atoms with Gasteiger partial charge >= 0.3 is 12.1 Å². The third kappa shape index (κ3) is 6.54. The van der Waals surface area contributed by atoms with Crippen LogP contribution in [0.4, 0.5) is 24.5 Å². The molecule has 0 bridgehead atoms. The van der Waals surface area contributed by atoms with Crippen LogP contribution < -0.4 is 15.4 Å². The van der Waals surface area contributed by atoms with Gasteiger partial charge in [0.25, 0.3) is 0 Å². The molecule has 0 aliphatic carbocycles. The zero-order valence-electron chi connectivity index (χ0n) is 18.3. The van der Waals surface area contributed by atoms with Gasteiger partial charge in [-0.25, -0.2) is 9.48 Å². The van der Waals surface area contributed by atoms with Crippen LogP contribution in [0, 0.1) is 0 Å². The summed E-state index contributed by atoms with van der Waals surface area (Å²) in [6, 6.07) is 9.06. The standard InChI is InChI=1S/C23H20ClF3N4O4/c1-3-20(32)30-16-9-14(24)8-15(10-16)29-13(2)19-11-28-31(22(19)23(25,26)27)17-4-6-18(7-5-17)35-12-21(33)34/h3-11,13,29H,1,12H2,2H3,(H,30,32)(H,33,34). The molecule has 0 aliphatic heterocycles. The van der Waals surface area contributed by atoms with Gasteiger partial charge in [0, 0.05) is 22.0 Å². The molecule has 8 nitrogen and oxygen atoms in total. The lowest BCUT2D eigenvalue weighted by atomic mass is 10.1. The van der Waals surface area contributed by atoms with Gasteiger partial charge in [-0.1, -0.05) is 18.2 Å². The number of carbonyl (C=O) groups is 2. The first-order valence-electron chi connectivity index (χ1n) is 10.1. The number of carboxylic acid groups (broad SMARTS) is 1. The van der Waals surface area contributed by atoms with Crippen molar-refractivity contribution < 1.29 is 32.6 Å². The fourth-order valence-corrected chi connectivity index (χ4v) is 3.49. The van der Waals surface area contributed by atoms with Crippen LogP contribution in [0.3, 0.4) is 0 Å². The second-order valence-corrected chi connectivity index (χ2v) is 7.76. The van der Waals surface area contributed by atoms with E-state index in [4.69, 9.17) is 21.4 Å². The maximum absolute atomic E-state index is 14.1. The van der Waals surface area contributed by atoms with Crippen molar-refractivity contribution in [1.29, 1.82) is 0 Å². The number of amides is 1. The summed E-state index contributed by atoms with van der Waals surface area (Å²) in [6.45, 7) is 4.32. The highest BCUT2D eigenvalue weighted by Crippen LogP contribution is 2.37. The monoisotopic (exact) mass is 508 g/mol. The van der Waals surface area contributed by atoms with Gasteiger partial charge in [-0.3, -0.25) is 4.79 Å². The average Bonchev–Trinajstić information content (AvgIpc) is 3.23.